The van der Waals surface area contributed by atoms with Gasteiger partial charge in [-0.15, -0.1) is 0 Å². The van der Waals surface area contributed by atoms with Crippen LogP contribution < -0.4 is 47.4 Å². The van der Waals surface area contributed by atoms with Gasteiger partial charge in [-0.25, -0.2) is 0 Å². The van der Waals surface area contributed by atoms with E-state index in [0.717, 1.165) is 46.5 Å². The molecule has 0 radical (unpaired) electrons. The number of aryl methyl sites for hydroxylation is 1. The number of benzene rings is 5. The summed E-state index contributed by atoms with van der Waals surface area (Å²) in [5.74, 6) is -39.4. The smallest absolute Gasteiger partial charge is 0.161 e. The SMILES string of the molecule is [2H]c1c(OC([2H])([2H])[2H])c(OC)c([2H])c2c1C([2H])([2H])C([2H])([2H])N1CC([2H])(C([2H])([2H])C([2H])(C([2H])([2H])[2H])C([2H])([2H])C)C(=O)C([2H])([2H])C21[2H].[2H]c1c(OC)c(OC([2H])([2H])[2H])c([2H])c2c1C1([2H])CC(=O)C(C([2H])([2H])C([2H])(C([2H])([2H])[2H])C([2H])([2H])C)CN1C([2H])([2H])C2([2H])[2H].[2H]c1c(OC)c(OC([2H])([2H])[2H])c([2H])c2c1C1([2H])CC(=O)C(CC(C)C)CN1C([2H])([2H])C2([2H])[2H].[2H]c1c(OC)c(OC([2H])([2H])[2H])cc2c1C1([2H])N(CC([2H])(CC(C)C)C(=O)C1([2H])[2H])C([2H])([2H])C2([2H])[2H].[2H]c1c2c(c([2H])c(OC)c1OC([2H])([2H])[2H])C1N(CC2)C([2H])([2H])C([2H])(C([2H])([2H])C([2H])(C([2H])([2H])[2H])C([2H])([2H])C)C(=O)C1([2H])[2H]. The Morgan fingerprint density at radius 3 is 1.23 bits per heavy atom. The molecule has 13 unspecified atom stereocenters. The number of rotatable bonds is 23. The molecule has 118 heavy (non-hydrogen) atoms. The van der Waals surface area contributed by atoms with Crippen LogP contribution in [0.3, 0.4) is 0 Å². The second-order valence-corrected chi connectivity index (χ2v) is 27.3. The molecular formula is C98H141N5O15. The minimum Gasteiger partial charge on any atom is -0.493 e. The van der Waals surface area contributed by atoms with Crippen molar-refractivity contribution in [1.82, 2.24) is 24.5 Å². The molecular weight excluding hydrogens is 1490 g/mol. The summed E-state index contributed by atoms with van der Waals surface area (Å²) in [7, 11) is -10.8. The van der Waals surface area contributed by atoms with E-state index in [0.29, 0.717) is 41.9 Å². The number of carbonyl (C=O) groups excluding carboxylic acids is 5. The fourth-order valence-electron chi connectivity index (χ4n) is 13.2. The number of ketones is 5. The monoisotopic (exact) mass is 1710 g/mol. The van der Waals surface area contributed by atoms with E-state index in [1.165, 1.54) is 0 Å². The molecule has 20 heteroatoms. The maximum atomic E-state index is 14.0. The number of carbonyl (C=O) groups is 5. The molecule has 0 amide bonds. The molecule has 13 atom stereocenters. The summed E-state index contributed by atoms with van der Waals surface area (Å²) in [6.07, 6.45) is -47.4. The van der Waals surface area contributed by atoms with Crippen LogP contribution in [0.4, 0.5) is 0 Å². The first-order valence-corrected chi connectivity index (χ1v) is 36.2. The molecule has 0 N–H and O–H groups in total. The predicted octanol–water partition coefficient (Wildman–Crippen LogP) is 17.4. The highest BCUT2D eigenvalue weighted by molar-refractivity contribution is 5.86. The van der Waals surface area contributed by atoms with Crippen molar-refractivity contribution < 1.29 is 180 Å². The van der Waals surface area contributed by atoms with Crippen LogP contribution in [0.25, 0.3) is 0 Å². The fraction of sp³-hybridized carbons (Fsp3) is 0.643. The first kappa shape index (κ1) is 33.1. The molecule has 0 saturated carbocycles. The van der Waals surface area contributed by atoms with Crippen LogP contribution in [-0.2, 0) is 55.9 Å². The Labute approximate surface area is 816 Å². The van der Waals surface area contributed by atoms with Crippen molar-refractivity contribution >= 4 is 28.9 Å². The van der Waals surface area contributed by atoms with Crippen molar-refractivity contribution in [3.05, 3.63) is 116 Å². The molecule has 10 heterocycles. The number of methoxy groups -OCH3 is 10. The molecule has 10 aliphatic heterocycles. The van der Waals surface area contributed by atoms with Crippen molar-refractivity contribution in [2.24, 2.45) is 59.0 Å². The highest BCUT2D eigenvalue weighted by Gasteiger charge is 2.45. The summed E-state index contributed by atoms with van der Waals surface area (Å²) in [5.41, 5.74) is -7.42. The molecule has 10 aliphatic rings. The molecule has 5 saturated heterocycles. The van der Waals surface area contributed by atoms with E-state index in [2.05, 4.69) is 0 Å². The standard InChI is InChI=1S/3C20H29NO3.2C19H27NO3/c3*1-5-13(2)8-15-12-21-7-6-14-9-19(23-3)20(24-4)10-16(14)17(21)11-18(15)22;2*1-12(2)7-14-11-20-6-5-13-8-18(22-3)19(23-4)9-15(13)16(20)10-17(14)21/h3*9-10,13,15,17H,5-8,11-12H2,1-4H3;2*8-9,12,14,16H,5-7,10-11H2,1-4H3/i2D3,3D3,5D2,6D2,7D2,8D2,9D,10D,11D2,13D,15D,17D;2D3,3D3,5D2,8D2,9D,10D,11D2,12D2,13D,15D;2D3,3D3,5D2,6D2,7D2,8D2,9D,10D,13D,17D;3D3,5D2,6D2,9D,10D2,14D,16D;3D3,5D2,6D2,8D,9D,16D. The molecule has 5 fully saturated rings. The van der Waals surface area contributed by atoms with Gasteiger partial charge in [0.1, 0.15) is 28.9 Å². The average molecular weight is 1710 g/mol. The first-order valence-electron chi connectivity index (χ1n) is 75.7. The number of hydrogen-bond donors (Lipinski definition) is 0. The number of piperidine rings is 5. The zero-order valence-electron chi connectivity index (χ0n) is 145. The van der Waals surface area contributed by atoms with Gasteiger partial charge in [-0.2, -0.15) is 0 Å². The van der Waals surface area contributed by atoms with Gasteiger partial charge < -0.3 is 47.4 Å². The van der Waals surface area contributed by atoms with E-state index in [4.69, 9.17) is 153 Å². The average Bonchev–Trinajstić information content (AvgIpc) is 0.651. The summed E-state index contributed by atoms with van der Waals surface area (Å²) < 4.78 is 705. The van der Waals surface area contributed by atoms with Crippen molar-refractivity contribution in [2.45, 2.75) is 214 Å². The van der Waals surface area contributed by atoms with Gasteiger partial charge in [0.05, 0.1) is 109 Å². The van der Waals surface area contributed by atoms with Crippen LogP contribution in [0.15, 0.2) is 60.4 Å². The maximum Gasteiger partial charge on any atom is 0.161 e. The van der Waals surface area contributed by atoms with E-state index in [1.807, 2.05) is 13.8 Å². The van der Waals surface area contributed by atoms with Crippen LogP contribution >= 0.6 is 0 Å². The zero-order valence-corrected chi connectivity index (χ0v) is 65.9. The highest BCUT2D eigenvalue weighted by Crippen LogP contribution is 2.49. The molecule has 0 spiro atoms. The normalized spacial score (nSPS) is 46.4. The number of nitrogens with zero attached hydrogens (tertiary/aromatic N) is 5. The number of Topliss-reactive ketones (excluding diaryl/α,β-unsaturated/α-hetero) is 5. The Kier molecular flexibility index (Phi) is 11.7. The second kappa shape index (κ2) is 41.7. The van der Waals surface area contributed by atoms with Crippen molar-refractivity contribution in [3.63, 3.8) is 0 Å². The lowest BCUT2D eigenvalue weighted by Gasteiger charge is -2.43. The van der Waals surface area contributed by atoms with Gasteiger partial charge >= 0.3 is 0 Å². The summed E-state index contributed by atoms with van der Waals surface area (Å²) in [6, 6.07) is -21.1. The Bertz CT molecular complexity index is 8110. The van der Waals surface area contributed by atoms with Crippen molar-refractivity contribution in [2.75, 3.05) is 136 Å². The van der Waals surface area contributed by atoms with Gasteiger partial charge in [-0.3, -0.25) is 48.5 Å². The van der Waals surface area contributed by atoms with Crippen molar-refractivity contribution in [1.29, 1.82) is 0 Å². The fourth-order valence-corrected chi connectivity index (χ4v) is 13.2. The quantitative estimate of drug-likeness (QED) is 0.0598. The Morgan fingerprint density at radius 2 is 0.771 bits per heavy atom. The highest BCUT2D eigenvalue weighted by atomic mass is 16.5. The maximum absolute atomic E-state index is 14.0. The molecule has 20 nitrogen and oxygen atoms in total. The molecule has 0 aliphatic carbocycles. The third-order valence-corrected chi connectivity index (χ3v) is 18.9. The van der Waals surface area contributed by atoms with Crippen LogP contribution in [0.5, 0.6) is 57.5 Å². The minimum atomic E-state index is -4.21. The summed E-state index contributed by atoms with van der Waals surface area (Å²) >= 11 is 0. The van der Waals surface area contributed by atoms with E-state index < -0.39 is 479 Å². The number of hydrogen-bond acceptors (Lipinski definition) is 20. The third-order valence-electron chi connectivity index (χ3n) is 18.9. The van der Waals surface area contributed by atoms with Crippen LogP contribution in [0.2, 0.25) is 0 Å². The Morgan fingerprint density at radius 1 is 0.407 bits per heavy atom. The van der Waals surface area contributed by atoms with Crippen LogP contribution in [-0.4, -0.2) is 189 Å². The van der Waals surface area contributed by atoms with Gasteiger partial charge in [0.25, 0.3) is 0 Å². The Balaban J connectivity index is 0.000000227. The van der Waals surface area contributed by atoms with Crippen LogP contribution in [0, 0.1) is 59.0 Å². The van der Waals surface area contributed by atoms with Gasteiger partial charge in [0.2, 0.25) is 0 Å². The molecule has 648 valence electrons. The predicted molar refractivity (Wildman–Crippen MR) is 465 cm³/mol. The largest absolute Gasteiger partial charge is 0.493 e. The number of ether oxygens (including phenoxy) is 10. The summed E-state index contributed by atoms with van der Waals surface area (Å²) in [6.45, 7) is -24.1. The zero-order chi connectivity index (χ0) is 154. The minimum absolute atomic E-state index is 0.114. The van der Waals surface area contributed by atoms with Gasteiger partial charge in [-0.1, -0.05) is 88.1 Å². The third kappa shape index (κ3) is 21.0. The van der Waals surface area contributed by atoms with E-state index in [9.17, 15) is 26.7 Å². The lowest BCUT2D eigenvalue weighted by atomic mass is 9.79. The van der Waals surface area contributed by atoms with Gasteiger partial charge in [0, 0.05) is 227 Å². The van der Waals surface area contributed by atoms with Crippen molar-refractivity contribution in [3.8, 4) is 57.5 Å². The van der Waals surface area contributed by atoms with Gasteiger partial charge in [0.15, 0.2) is 57.5 Å². The molecule has 0 bridgehead atoms. The van der Waals surface area contributed by atoms with E-state index in [1.54, 1.807) is 13.8 Å². The molecule has 5 aromatic carbocycles. The summed E-state index contributed by atoms with van der Waals surface area (Å²) in [5, 5.41) is 0. The molecule has 5 aromatic rings. The van der Waals surface area contributed by atoms with E-state index >= 15 is 0 Å². The van der Waals surface area contributed by atoms with Crippen LogP contribution in [0.1, 0.15) is 346 Å². The number of fused-ring (bicyclic) bond motifs is 15. The van der Waals surface area contributed by atoms with Gasteiger partial charge in [-0.05, 0) is 209 Å². The first-order chi connectivity index (χ1) is 87.1. The topological polar surface area (TPSA) is 194 Å². The van der Waals surface area contributed by atoms with E-state index in [-0.39, 0.29) is 41.0 Å². The molecule has 0 aromatic heterocycles. The second-order valence-electron chi connectivity index (χ2n) is 27.3. The lowest BCUT2D eigenvalue weighted by molar-refractivity contribution is -0.130. The Hall–Kier alpha value is -7.75. The lowest BCUT2D eigenvalue weighted by Crippen LogP contribution is -2.46. The molecule has 15 rings (SSSR count). The summed E-state index contributed by atoms with van der Waals surface area (Å²) in [4.78, 5) is 70.0.